The summed E-state index contributed by atoms with van der Waals surface area (Å²) in [5.41, 5.74) is -1.73. The van der Waals surface area contributed by atoms with Crippen molar-refractivity contribution >= 4 is 11.9 Å². The second-order valence-corrected chi connectivity index (χ2v) is 5.30. The van der Waals surface area contributed by atoms with Crippen LogP contribution in [0.15, 0.2) is 0 Å². The minimum absolute atomic E-state index is 0.471. The maximum Gasteiger partial charge on any atom is 0.360 e. The number of rotatable bonds is 1. The molecule has 0 aromatic rings. The number of piperidine rings is 1. The summed E-state index contributed by atoms with van der Waals surface area (Å²) in [5.74, 6) is -0.947. The van der Waals surface area contributed by atoms with E-state index in [1.165, 1.54) is 5.06 Å². The first-order valence-electron chi connectivity index (χ1n) is 5.60. The Morgan fingerprint density at radius 3 is 2.62 bits per heavy atom. The SMILES string of the molecule is CC(C)(C)OC(=O)C12CCCCN1OC2=O. The van der Waals surface area contributed by atoms with Crippen molar-refractivity contribution in [3.8, 4) is 0 Å². The number of hydroxylamine groups is 2. The number of fused-ring (bicyclic) bond motifs is 1. The van der Waals surface area contributed by atoms with Gasteiger partial charge in [-0.05, 0) is 40.0 Å². The summed E-state index contributed by atoms with van der Waals surface area (Å²) in [5, 5.41) is 1.47. The monoisotopic (exact) mass is 227 g/mol. The average molecular weight is 227 g/mol. The second kappa shape index (κ2) is 3.45. The van der Waals surface area contributed by atoms with Crippen LogP contribution in [0.2, 0.25) is 0 Å². The molecule has 0 N–H and O–H groups in total. The molecule has 0 aromatic carbocycles. The Hall–Kier alpha value is -1.10. The first-order chi connectivity index (χ1) is 7.36. The van der Waals surface area contributed by atoms with E-state index in [0.717, 1.165) is 12.8 Å². The highest BCUT2D eigenvalue weighted by atomic mass is 16.8. The molecule has 0 radical (unpaired) electrons. The van der Waals surface area contributed by atoms with Gasteiger partial charge in [0.1, 0.15) is 5.60 Å². The molecular formula is C11H17NO4. The van der Waals surface area contributed by atoms with E-state index >= 15 is 0 Å². The Morgan fingerprint density at radius 2 is 2.12 bits per heavy atom. The van der Waals surface area contributed by atoms with Crippen molar-refractivity contribution < 1.29 is 19.2 Å². The molecule has 2 aliphatic rings. The number of carbonyl (C=O) groups excluding carboxylic acids is 2. The molecule has 2 aliphatic heterocycles. The number of esters is 1. The molecule has 0 amide bonds. The average Bonchev–Trinajstić information content (AvgIpc) is 2.13. The zero-order valence-electron chi connectivity index (χ0n) is 9.91. The number of hydrogen-bond acceptors (Lipinski definition) is 5. The topological polar surface area (TPSA) is 55.8 Å². The predicted octanol–water partition coefficient (Wildman–Crippen LogP) is 1.02. The van der Waals surface area contributed by atoms with Gasteiger partial charge in [0.2, 0.25) is 0 Å². The van der Waals surface area contributed by atoms with Crippen LogP contribution in [0.1, 0.15) is 40.0 Å². The summed E-state index contributed by atoms with van der Waals surface area (Å²) < 4.78 is 5.29. The molecule has 16 heavy (non-hydrogen) atoms. The van der Waals surface area contributed by atoms with Crippen LogP contribution < -0.4 is 0 Å². The summed E-state index contributed by atoms with van der Waals surface area (Å²) in [6.45, 7) is 5.99. The maximum absolute atomic E-state index is 12.0. The fourth-order valence-electron chi connectivity index (χ4n) is 2.07. The van der Waals surface area contributed by atoms with Gasteiger partial charge in [-0.3, -0.25) is 0 Å². The third-order valence-corrected chi connectivity index (χ3v) is 2.84. The number of carbonyl (C=O) groups is 2. The van der Waals surface area contributed by atoms with Crippen molar-refractivity contribution in [2.45, 2.75) is 51.2 Å². The van der Waals surface area contributed by atoms with Gasteiger partial charge >= 0.3 is 11.9 Å². The molecule has 2 fully saturated rings. The molecule has 2 rings (SSSR count). The fourth-order valence-corrected chi connectivity index (χ4v) is 2.07. The second-order valence-electron chi connectivity index (χ2n) is 5.30. The lowest BCUT2D eigenvalue weighted by atomic mass is 9.86. The van der Waals surface area contributed by atoms with E-state index in [-0.39, 0.29) is 0 Å². The van der Waals surface area contributed by atoms with Crippen LogP contribution in [0.5, 0.6) is 0 Å². The molecule has 0 aromatic heterocycles. The van der Waals surface area contributed by atoms with E-state index in [1.54, 1.807) is 20.8 Å². The highest BCUT2D eigenvalue weighted by Crippen LogP contribution is 2.39. The molecule has 2 heterocycles. The van der Waals surface area contributed by atoms with E-state index in [4.69, 9.17) is 9.57 Å². The molecule has 1 atom stereocenters. The summed E-state index contributed by atoms with van der Waals surface area (Å²) in [7, 11) is 0. The van der Waals surface area contributed by atoms with Gasteiger partial charge in [0.25, 0.3) is 5.54 Å². The number of nitrogens with zero attached hydrogens (tertiary/aromatic N) is 1. The van der Waals surface area contributed by atoms with Gasteiger partial charge in [-0.2, -0.15) is 0 Å². The summed E-state index contributed by atoms with van der Waals surface area (Å²) >= 11 is 0. The molecule has 0 aliphatic carbocycles. The van der Waals surface area contributed by atoms with E-state index in [2.05, 4.69) is 0 Å². The van der Waals surface area contributed by atoms with E-state index < -0.39 is 23.1 Å². The molecular weight excluding hydrogens is 210 g/mol. The molecule has 0 bridgehead atoms. The van der Waals surface area contributed by atoms with Gasteiger partial charge in [-0.1, -0.05) is 0 Å². The first kappa shape index (κ1) is 11.4. The minimum Gasteiger partial charge on any atom is -0.458 e. The van der Waals surface area contributed by atoms with Crippen molar-refractivity contribution in [3.05, 3.63) is 0 Å². The van der Waals surface area contributed by atoms with Gasteiger partial charge < -0.3 is 9.57 Å². The van der Waals surface area contributed by atoms with Crippen molar-refractivity contribution in [1.29, 1.82) is 0 Å². The quantitative estimate of drug-likeness (QED) is 0.494. The van der Waals surface area contributed by atoms with Crippen LogP contribution in [0, 0.1) is 0 Å². The lowest BCUT2D eigenvalue weighted by molar-refractivity contribution is -0.299. The largest absolute Gasteiger partial charge is 0.458 e. The number of ether oxygens (including phenoxy) is 1. The Kier molecular flexibility index (Phi) is 2.45. The van der Waals surface area contributed by atoms with Gasteiger partial charge in [0.15, 0.2) is 0 Å². The lowest BCUT2D eigenvalue weighted by Crippen LogP contribution is -2.73. The highest BCUT2D eigenvalue weighted by molar-refractivity contribution is 6.07. The van der Waals surface area contributed by atoms with Gasteiger partial charge in [-0.15, -0.1) is 5.06 Å². The zero-order chi connectivity index (χ0) is 12.0. The zero-order valence-corrected chi connectivity index (χ0v) is 9.91. The van der Waals surface area contributed by atoms with Crippen LogP contribution in [0.4, 0.5) is 0 Å². The van der Waals surface area contributed by atoms with Crippen LogP contribution in [0.3, 0.4) is 0 Å². The van der Waals surface area contributed by atoms with Crippen molar-refractivity contribution in [2.75, 3.05) is 6.54 Å². The normalized spacial score (nSPS) is 30.1. The van der Waals surface area contributed by atoms with Gasteiger partial charge in [0, 0.05) is 6.54 Å². The summed E-state index contributed by atoms with van der Waals surface area (Å²) in [4.78, 5) is 28.5. The van der Waals surface area contributed by atoms with Crippen LogP contribution in [-0.2, 0) is 19.2 Å². The minimum atomic E-state index is -1.15. The Balaban J connectivity index is 2.16. The van der Waals surface area contributed by atoms with E-state index in [1.807, 2.05) is 0 Å². The Morgan fingerprint density at radius 1 is 1.44 bits per heavy atom. The molecule has 90 valence electrons. The molecule has 0 saturated carbocycles. The van der Waals surface area contributed by atoms with Gasteiger partial charge in [-0.25, -0.2) is 9.59 Å². The Bertz CT molecular complexity index is 333. The van der Waals surface area contributed by atoms with Crippen molar-refractivity contribution in [2.24, 2.45) is 0 Å². The van der Waals surface area contributed by atoms with E-state index in [0.29, 0.717) is 13.0 Å². The van der Waals surface area contributed by atoms with Crippen LogP contribution in [0.25, 0.3) is 0 Å². The third kappa shape index (κ3) is 1.59. The van der Waals surface area contributed by atoms with Crippen molar-refractivity contribution in [3.63, 3.8) is 0 Å². The highest BCUT2D eigenvalue weighted by Gasteiger charge is 2.65. The van der Waals surface area contributed by atoms with Crippen molar-refractivity contribution in [1.82, 2.24) is 5.06 Å². The number of hydrogen-bond donors (Lipinski definition) is 0. The Labute approximate surface area is 94.6 Å². The lowest BCUT2D eigenvalue weighted by Gasteiger charge is -2.49. The standard InChI is InChI=1S/C11H17NO4/c1-10(2,3)15-8(13)11-6-4-5-7-12(11)16-9(11)14/h4-7H2,1-3H3. The summed E-state index contributed by atoms with van der Waals surface area (Å²) in [6.07, 6.45) is 2.30. The molecule has 1 unspecified atom stereocenters. The van der Waals surface area contributed by atoms with E-state index in [9.17, 15) is 9.59 Å². The van der Waals surface area contributed by atoms with Crippen LogP contribution in [-0.4, -0.2) is 34.7 Å². The van der Waals surface area contributed by atoms with Gasteiger partial charge in [0.05, 0.1) is 0 Å². The molecule has 5 nitrogen and oxygen atoms in total. The first-order valence-corrected chi connectivity index (χ1v) is 5.60. The smallest absolute Gasteiger partial charge is 0.360 e. The molecule has 5 heteroatoms. The van der Waals surface area contributed by atoms with Crippen LogP contribution >= 0.6 is 0 Å². The molecule has 2 saturated heterocycles. The fraction of sp³-hybridized carbons (Fsp3) is 0.818. The maximum atomic E-state index is 12.0. The summed E-state index contributed by atoms with van der Waals surface area (Å²) in [6, 6.07) is 0. The molecule has 0 spiro atoms. The predicted molar refractivity (Wildman–Crippen MR) is 55.2 cm³/mol. The third-order valence-electron chi connectivity index (χ3n) is 2.84.